The van der Waals surface area contributed by atoms with E-state index in [0.717, 1.165) is 43.6 Å². The summed E-state index contributed by atoms with van der Waals surface area (Å²) in [6.07, 6.45) is 4.46. The summed E-state index contributed by atoms with van der Waals surface area (Å²) in [7, 11) is 4.75. The van der Waals surface area contributed by atoms with Gasteiger partial charge >= 0.3 is 5.97 Å². The van der Waals surface area contributed by atoms with E-state index >= 15 is 0 Å². The summed E-state index contributed by atoms with van der Waals surface area (Å²) in [5, 5.41) is 1.19. The number of hydrogen-bond acceptors (Lipinski definition) is 5. The summed E-state index contributed by atoms with van der Waals surface area (Å²) in [6.45, 7) is 4.19. The second-order valence-electron chi connectivity index (χ2n) is 7.97. The van der Waals surface area contributed by atoms with Gasteiger partial charge in [0.1, 0.15) is 5.75 Å². The van der Waals surface area contributed by atoms with Gasteiger partial charge in [-0.1, -0.05) is 19.4 Å². The monoisotopic (exact) mass is 398 g/mol. The summed E-state index contributed by atoms with van der Waals surface area (Å²) >= 11 is 0. The van der Waals surface area contributed by atoms with Crippen molar-refractivity contribution in [2.45, 2.75) is 32.2 Å². The van der Waals surface area contributed by atoms with E-state index in [1.165, 1.54) is 23.8 Å². The molecule has 1 aromatic heterocycles. The van der Waals surface area contributed by atoms with Gasteiger partial charge in [0.15, 0.2) is 0 Å². The first kappa shape index (κ1) is 19.8. The molecule has 0 amide bonds. The molecule has 1 N–H and O–H groups in total. The number of rotatable bonds is 5. The molecule has 2 aliphatic rings. The second kappa shape index (κ2) is 8.11. The van der Waals surface area contributed by atoms with Crippen molar-refractivity contribution in [3.05, 3.63) is 41.3 Å². The number of carbonyl (C=O) groups is 1. The minimum absolute atomic E-state index is 0.105. The van der Waals surface area contributed by atoms with Gasteiger partial charge in [-0.15, -0.1) is 0 Å². The molecule has 6 nitrogen and oxygen atoms in total. The lowest BCUT2D eigenvalue weighted by atomic mass is 9.74. The van der Waals surface area contributed by atoms with E-state index in [2.05, 4.69) is 22.9 Å². The number of nitrogens with zero attached hydrogens (tertiary/aromatic N) is 1. The van der Waals surface area contributed by atoms with Crippen LogP contribution in [0.1, 0.15) is 37.1 Å². The van der Waals surface area contributed by atoms with Crippen LogP contribution in [0, 0.1) is 11.8 Å². The van der Waals surface area contributed by atoms with Gasteiger partial charge < -0.3 is 19.2 Å². The van der Waals surface area contributed by atoms with E-state index < -0.39 is 0 Å². The summed E-state index contributed by atoms with van der Waals surface area (Å²) in [5.74, 6) is 1.12. The van der Waals surface area contributed by atoms with E-state index in [1.807, 2.05) is 12.1 Å². The first-order chi connectivity index (χ1) is 14.1. The molecule has 0 aliphatic carbocycles. The van der Waals surface area contributed by atoms with E-state index in [0.29, 0.717) is 11.5 Å². The number of ether oxygens (including phenoxy) is 3. The first-order valence-electron chi connectivity index (χ1n) is 10.4. The smallest absolute Gasteiger partial charge is 0.337 e. The van der Waals surface area contributed by atoms with Gasteiger partial charge in [0.2, 0.25) is 0 Å². The molecule has 0 spiro atoms. The SMILES string of the molecule is CC[C@@H]1CN2CCc3c([nH]c4cccc(OC)c34)C2C[C@@H]1/C(=C\OC)C(=O)OC. The summed E-state index contributed by atoms with van der Waals surface area (Å²) < 4.78 is 16.0. The van der Waals surface area contributed by atoms with Crippen LogP contribution in [0.4, 0.5) is 0 Å². The Balaban J connectivity index is 1.76. The zero-order chi connectivity index (χ0) is 20.5. The van der Waals surface area contributed by atoms with Crippen LogP contribution in [-0.2, 0) is 20.7 Å². The maximum Gasteiger partial charge on any atom is 0.337 e. The highest BCUT2D eigenvalue weighted by molar-refractivity contribution is 5.91. The zero-order valence-electron chi connectivity index (χ0n) is 17.7. The number of piperidine rings is 1. The molecule has 1 aromatic carbocycles. The maximum atomic E-state index is 12.5. The Bertz CT molecular complexity index is 932. The molecule has 1 saturated heterocycles. The predicted octanol–water partition coefficient (Wildman–Crippen LogP) is 3.83. The van der Waals surface area contributed by atoms with E-state index in [4.69, 9.17) is 14.2 Å². The Morgan fingerprint density at radius 2 is 2.14 bits per heavy atom. The molecule has 1 fully saturated rings. The molecule has 1 unspecified atom stereocenters. The third-order valence-electron chi connectivity index (χ3n) is 6.67. The number of aromatic amines is 1. The Kier molecular flexibility index (Phi) is 5.54. The van der Waals surface area contributed by atoms with Crippen molar-refractivity contribution in [2.75, 3.05) is 34.4 Å². The summed E-state index contributed by atoms with van der Waals surface area (Å²) in [4.78, 5) is 18.7. The van der Waals surface area contributed by atoms with E-state index in [1.54, 1.807) is 20.5 Å². The molecular formula is C23H30N2O4. The first-order valence-corrected chi connectivity index (χ1v) is 10.4. The molecule has 3 atom stereocenters. The quantitative estimate of drug-likeness (QED) is 0.471. The van der Waals surface area contributed by atoms with Gasteiger partial charge in [-0.05, 0) is 42.4 Å². The van der Waals surface area contributed by atoms with Gasteiger partial charge in [-0.2, -0.15) is 0 Å². The van der Waals surface area contributed by atoms with Gasteiger partial charge in [-0.25, -0.2) is 4.79 Å². The van der Waals surface area contributed by atoms with Crippen molar-refractivity contribution >= 4 is 16.9 Å². The van der Waals surface area contributed by atoms with Crippen LogP contribution in [0.25, 0.3) is 10.9 Å². The normalized spacial score (nSPS) is 24.7. The van der Waals surface area contributed by atoms with Crippen molar-refractivity contribution in [1.29, 1.82) is 0 Å². The molecule has 2 aromatic rings. The van der Waals surface area contributed by atoms with Gasteiger partial charge in [0.25, 0.3) is 0 Å². The third-order valence-corrected chi connectivity index (χ3v) is 6.67. The molecule has 3 heterocycles. The van der Waals surface area contributed by atoms with Crippen LogP contribution in [-0.4, -0.2) is 50.3 Å². The molecule has 29 heavy (non-hydrogen) atoms. The van der Waals surface area contributed by atoms with Crippen molar-refractivity contribution in [1.82, 2.24) is 9.88 Å². The average Bonchev–Trinajstić information content (AvgIpc) is 3.15. The van der Waals surface area contributed by atoms with Crippen LogP contribution in [0.2, 0.25) is 0 Å². The third kappa shape index (κ3) is 3.29. The number of H-pyrrole nitrogens is 1. The number of esters is 1. The van der Waals surface area contributed by atoms with E-state index in [-0.39, 0.29) is 17.9 Å². The Morgan fingerprint density at radius 1 is 1.31 bits per heavy atom. The minimum atomic E-state index is -0.293. The highest BCUT2D eigenvalue weighted by Gasteiger charge is 2.42. The molecule has 0 saturated carbocycles. The highest BCUT2D eigenvalue weighted by atomic mass is 16.5. The molecule has 6 heteroatoms. The topological polar surface area (TPSA) is 63.8 Å². The molecule has 156 valence electrons. The van der Waals surface area contributed by atoms with Crippen LogP contribution in [0.3, 0.4) is 0 Å². The number of methoxy groups -OCH3 is 3. The molecule has 2 aliphatic heterocycles. The number of hydrogen-bond donors (Lipinski definition) is 1. The number of carbonyl (C=O) groups excluding carboxylic acids is 1. The maximum absolute atomic E-state index is 12.5. The lowest BCUT2D eigenvalue weighted by Gasteiger charge is -2.46. The van der Waals surface area contributed by atoms with Crippen molar-refractivity contribution in [2.24, 2.45) is 11.8 Å². The Labute approximate surface area is 171 Å². The number of benzene rings is 1. The average molecular weight is 399 g/mol. The fourth-order valence-electron chi connectivity index (χ4n) is 5.28. The van der Waals surface area contributed by atoms with Gasteiger partial charge in [0.05, 0.1) is 39.2 Å². The Hall–Kier alpha value is -2.47. The van der Waals surface area contributed by atoms with Crippen molar-refractivity contribution < 1.29 is 19.0 Å². The van der Waals surface area contributed by atoms with Gasteiger partial charge in [0, 0.05) is 29.7 Å². The Morgan fingerprint density at radius 3 is 2.83 bits per heavy atom. The van der Waals surface area contributed by atoms with Gasteiger partial charge in [-0.3, -0.25) is 4.90 Å². The number of fused-ring (bicyclic) bond motifs is 5. The van der Waals surface area contributed by atoms with E-state index in [9.17, 15) is 4.79 Å². The number of aromatic nitrogens is 1. The fraction of sp³-hybridized carbons (Fsp3) is 0.522. The highest BCUT2D eigenvalue weighted by Crippen LogP contribution is 2.47. The van der Waals surface area contributed by atoms with Crippen LogP contribution >= 0.6 is 0 Å². The van der Waals surface area contributed by atoms with Crippen LogP contribution in [0.15, 0.2) is 30.0 Å². The van der Waals surface area contributed by atoms with Crippen LogP contribution < -0.4 is 4.74 Å². The molecule has 0 radical (unpaired) electrons. The lowest BCUT2D eigenvalue weighted by Crippen LogP contribution is -2.47. The summed E-state index contributed by atoms with van der Waals surface area (Å²) in [5.41, 5.74) is 4.37. The molecular weight excluding hydrogens is 368 g/mol. The minimum Gasteiger partial charge on any atom is -0.504 e. The largest absolute Gasteiger partial charge is 0.504 e. The lowest BCUT2D eigenvalue weighted by molar-refractivity contribution is -0.137. The molecule has 0 bridgehead atoms. The summed E-state index contributed by atoms with van der Waals surface area (Å²) in [6, 6.07) is 6.40. The zero-order valence-corrected chi connectivity index (χ0v) is 17.7. The standard InChI is InChI=1S/C23H30N2O4/c1-5-14-12-25-10-9-15-21-18(7-6-8-20(21)28-3)24-22(15)19(25)11-16(14)17(13-27-2)23(26)29-4/h6-8,13-14,16,19,24H,5,9-12H2,1-4H3/b17-13+/t14-,16+,19?/m1/s1. The van der Waals surface area contributed by atoms with Crippen LogP contribution in [0.5, 0.6) is 5.75 Å². The van der Waals surface area contributed by atoms with Crippen molar-refractivity contribution in [3.63, 3.8) is 0 Å². The predicted molar refractivity (Wildman–Crippen MR) is 112 cm³/mol. The molecule has 4 rings (SSSR count). The van der Waals surface area contributed by atoms with Crippen molar-refractivity contribution in [3.8, 4) is 5.75 Å². The fourth-order valence-corrected chi connectivity index (χ4v) is 5.28. The second-order valence-corrected chi connectivity index (χ2v) is 7.97. The number of nitrogens with one attached hydrogen (secondary N) is 1.